The Bertz CT molecular complexity index is 436. The van der Waals surface area contributed by atoms with Gasteiger partial charge in [0.15, 0.2) is 0 Å². The summed E-state index contributed by atoms with van der Waals surface area (Å²) in [6.07, 6.45) is 1.00. The molecule has 0 unspecified atom stereocenters. The summed E-state index contributed by atoms with van der Waals surface area (Å²) >= 11 is 1.75. The molecule has 0 spiro atoms. The molecule has 2 aromatic rings. The molecule has 0 saturated heterocycles. The summed E-state index contributed by atoms with van der Waals surface area (Å²) in [6.45, 7) is 4.83. The van der Waals surface area contributed by atoms with Crippen molar-refractivity contribution in [3.63, 3.8) is 0 Å². The van der Waals surface area contributed by atoms with E-state index in [2.05, 4.69) is 18.0 Å². The maximum atomic E-state index is 5.44. The second-order valence-electron chi connectivity index (χ2n) is 3.02. The Morgan fingerprint density at radius 1 is 1.36 bits per heavy atom. The van der Waals surface area contributed by atoms with Crippen molar-refractivity contribution in [3.8, 4) is 5.75 Å². The zero-order valence-corrected chi connectivity index (χ0v) is 9.23. The molecule has 3 heteroatoms. The van der Waals surface area contributed by atoms with Crippen LogP contribution in [0.1, 0.15) is 18.9 Å². The first-order valence-electron chi connectivity index (χ1n) is 4.85. The van der Waals surface area contributed by atoms with Gasteiger partial charge in [-0.2, -0.15) is 0 Å². The molecule has 0 aliphatic carbocycles. The smallest absolute Gasteiger partial charge is 0.120 e. The van der Waals surface area contributed by atoms with Crippen LogP contribution in [0.3, 0.4) is 0 Å². The first-order valence-corrected chi connectivity index (χ1v) is 5.67. The number of fused-ring (bicyclic) bond motifs is 1. The number of aromatic nitrogens is 1. The van der Waals surface area contributed by atoms with Gasteiger partial charge in [0.25, 0.3) is 0 Å². The van der Waals surface area contributed by atoms with Crippen LogP contribution >= 0.6 is 11.3 Å². The van der Waals surface area contributed by atoms with Crippen molar-refractivity contribution < 1.29 is 4.74 Å². The summed E-state index contributed by atoms with van der Waals surface area (Å²) < 4.78 is 6.65. The molecule has 0 atom stereocenters. The highest BCUT2D eigenvalue weighted by Crippen LogP contribution is 2.26. The van der Waals surface area contributed by atoms with Crippen LogP contribution in [0.15, 0.2) is 18.2 Å². The number of hydrogen-bond acceptors (Lipinski definition) is 3. The quantitative estimate of drug-likeness (QED) is 0.770. The lowest BCUT2D eigenvalue weighted by atomic mass is 10.3. The second kappa shape index (κ2) is 3.96. The van der Waals surface area contributed by atoms with Crippen LogP contribution in [0.25, 0.3) is 10.2 Å². The van der Waals surface area contributed by atoms with Gasteiger partial charge in [0.05, 0.1) is 21.8 Å². The standard InChI is InChI=1S/C11H13NOS/c1-3-11-12-9-6-5-8(13-4-2)7-10(9)14-11/h5-7H,3-4H2,1-2H3. The molecule has 74 valence electrons. The van der Waals surface area contributed by atoms with E-state index in [1.165, 1.54) is 9.71 Å². The maximum absolute atomic E-state index is 5.44. The largest absolute Gasteiger partial charge is 0.494 e. The van der Waals surface area contributed by atoms with Crippen LogP contribution < -0.4 is 4.74 Å². The first-order chi connectivity index (χ1) is 6.83. The molecule has 0 aliphatic heterocycles. The molecule has 1 aromatic heterocycles. The number of aryl methyl sites for hydroxylation is 1. The van der Waals surface area contributed by atoms with Crippen molar-refractivity contribution in [1.29, 1.82) is 0 Å². The Kier molecular flexibility index (Phi) is 2.68. The van der Waals surface area contributed by atoms with Crippen LogP contribution in [0, 0.1) is 0 Å². The molecule has 0 bridgehead atoms. The van der Waals surface area contributed by atoms with Crippen molar-refractivity contribution in [3.05, 3.63) is 23.2 Å². The van der Waals surface area contributed by atoms with Crippen molar-refractivity contribution in [1.82, 2.24) is 4.98 Å². The average Bonchev–Trinajstić information content (AvgIpc) is 2.60. The van der Waals surface area contributed by atoms with Crippen LogP contribution in [0.5, 0.6) is 5.75 Å². The van der Waals surface area contributed by atoms with Gasteiger partial charge in [-0.3, -0.25) is 0 Å². The van der Waals surface area contributed by atoms with Crippen molar-refractivity contribution in [2.24, 2.45) is 0 Å². The maximum Gasteiger partial charge on any atom is 0.120 e. The van der Waals surface area contributed by atoms with Crippen molar-refractivity contribution in [2.45, 2.75) is 20.3 Å². The number of thiazole rings is 1. The van der Waals surface area contributed by atoms with Gasteiger partial charge in [-0.15, -0.1) is 11.3 Å². The van der Waals surface area contributed by atoms with Crippen LogP contribution in [-0.2, 0) is 6.42 Å². The van der Waals surface area contributed by atoms with E-state index in [-0.39, 0.29) is 0 Å². The predicted molar refractivity (Wildman–Crippen MR) is 60.2 cm³/mol. The summed E-state index contributed by atoms with van der Waals surface area (Å²) in [5.41, 5.74) is 1.08. The van der Waals surface area contributed by atoms with Crippen LogP contribution in [0.2, 0.25) is 0 Å². The van der Waals surface area contributed by atoms with E-state index in [1.807, 2.05) is 19.1 Å². The van der Waals surface area contributed by atoms with Crippen LogP contribution in [0.4, 0.5) is 0 Å². The van der Waals surface area contributed by atoms with E-state index in [4.69, 9.17) is 4.74 Å². The highest BCUT2D eigenvalue weighted by atomic mass is 32.1. The third kappa shape index (κ3) is 1.73. The Morgan fingerprint density at radius 3 is 2.93 bits per heavy atom. The lowest BCUT2D eigenvalue weighted by Gasteiger charge is -2.00. The average molecular weight is 207 g/mol. The summed E-state index contributed by atoms with van der Waals surface area (Å²) in [7, 11) is 0. The molecule has 1 aromatic carbocycles. The van der Waals surface area contributed by atoms with Gasteiger partial charge in [-0.05, 0) is 31.5 Å². The summed E-state index contributed by atoms with van der Waals surface area (Å²) in [6, 6.07) is 6.07. The minimum Gasteiger partial charge on any atom is -0.494 e. The van der Waals surface area contributed by atoms with E-state index in [1.54, 1.807) is 11.3 Å². The normalized spacial score (nSPS) is 10.7. The minimum atomic E-state index is 0.713. The molecule has 2 rings (SSSR count). The Morgan fingerprint density at radius 2 is 2.21 bits per heavy atom. The van der Waals surface area contributed by atoms with Gasteiger partial charge < -0.3 is 4.74 Å². The van der Waals surface area contributed by atoms with E-state index >= 15 is 0 Å². The molecular formula is C11H13NOS. The SMILES string of the molecule is CCOc1ccc2nc(CC)sc2c1. The third-order valence-electron chi connectivity index (χ3n) is 2.02. The van der Waals surface area contributed by atoms with Gasteiger partial charge in [0, 0.05) is 0 Å². The molecule has 0 aliphatic rings. The zero-order valence-electron chi connectivity index (χ0n) is 8.41. The molecule has 0 amide bonds. The topological polar surface area (TPSA) is 22.1 Å². The lowest BCUT2D eigenvalue weighted by molar-refractivity contribution is 0.341. The third-order valence-corrected chi connectivity index (χ3v) is 3.18. The molecule has 0 fully saturated rings. The fraction of sp³-hybridized carbons (Fsp3) is 0.364. The van der Waals surface area contributed by atoms with E-state index in [0.29, 0.717) is 6.61 Å². The molecule has 0 saturated carbocycles. The molecule has 14 heavy (non-hydrogen) atoms. The van der Waals surface area contributed by atoms with Gasteiger partial charge in [0.2, 0.25) is 0 Å². The monoisotopic (exact) mass is 207 g/mol. The number of benzene rings is 1. The van der Waals surface area contributed by atoms with Gasteiger partial charge in [-0.25, -0.2) is 4.98 Å². The fourth-order valence-corrected chi connectivity index (χ4v) is 2.30. The number of hydrogen-bond donors (Lipinski definition) is 0. The van der Waals surface area contributed by atoms with E-state index in [0.717, 1.165) is 17.7 Å². The first kappa shape index (κ1) is 9.46. The number of rotatable bonds is 3. The number of nitrogens with zero attached hydrogens (tertiary/aromatic N) is 1. The molecule has 0 N–H and O–H groups in total. The van der Waals surface area contributed by atoms with Gasteiger partial charge in [0.1, 0.15) is 5.75 Å². The Labute approximate surface area is 87.5 Å². The van der Waals surface area contributed by atoms with E-state index < -0.39 is 0 Å². The van der Waals surface area contributed by atoms with Crippen LogP contribution in [-0.4, -0.2) is 11.6 Å². The summed E-state index contributed by atoms with van der Waals surface area (Å²) in [4.78, 5) is 4.50. The van der Waals surface area contributed by atoms with E-state index in [9.17, 15) is 0 Å². The van der Waals surface area contributed by atoms with Gasteiger partial charge in [-0.1, -0.05) is 6.92 Å². The summed E-state index contributed by atoms with van der Waals surface area (Å²) in [5, 5.41) is 1.19. The van der Waals surface area contributed by atoms with Crippen molar-refractivity contribution >= 4 is 21.6 Å². The van der Waals surface area contributed by atoms with Crippen molar-refractivity contribution in [2.75, 3.05) is 6.61 Å². The Hall–Kier alpha value is -1.09. The highest BCUT2D eigenvalue weighted by molar-refractivity contribution is 7.18. The molecule has 2 nitrogen and oxygen atoms in total. The Balaban J connectivity index is 2.43. The molecular weight excluding hydrogens is 194 g/mol. The highest BCUT2D eigenvalue weighted by Gasteiger charge is 2.03. The lowest BCUT2D eigenvalue weighted by Crippen LogP contribution is -1.89. The fourth-order valence-electron chi connectivity index (χ4n) is 1.36. The summed E-state index contributed by atoms with van der Waals surface area (Å²) in [5.74, 6) is 0.936. The second-order valence-corrected chi connectivity index (χ2v) is 4.14. The van der Waals surface area contributed by atoms with Gasteiger partial charge >= 0.3 is 0 Å². The zero-order chi connectivity index (χ0) is 9.97. The predicted octanol–water partition coefficient (Wildman–Crippen LogP) is 3.26. The molecule has 0 radical (unpaired) electrons. The number of ether oxygens (including phenoxy) is 1. The molecule has 1 heterocycles. The minimum absolute atomic E-state index is 0.713.